The van der Waals surface area contributed by atoms with Crippen molar-refractivity contribution in [2.75, 3.05) is 7.05 Å². The summed E-state index contributed by atoms with van der Waals surface area (Å²) in [7, 11) is 2.00. The lowest BCUT2D eigenvalue weighted by Gasteiger charge is -2.05. The highest BCUT2D eigenvalue weighted by molar-refractivity contribution is 4.52. The third-order valence-corrected chi connectivity index (χ3v) is 1.21. The molecule has 1 atom stereocenters. The second-order valence-electron chi connectivity index (χ2n) is 1.98. The van der Waals surface area contributed by atoms with Gasteiger partial charge in [0.25, 0.3) is 0 Å². The van der Waals surface area contributed by atoms with Gasteiger partial charge in [0.2, 0.25) is 0 Å². The third-order valence-electron chi connectivity index (χ3n) is 1.21. The molecule has 1 N–H and O–H groups in total. The predicted molar refractivity (Wildman–Crippen MR) is 56.1 cm³/mol. The molecule has 0 bridgehead atoms. The fraction of sp³-hybridized carbons (Fsp3) is 1.00. The van der Waals surface area contributed by atoms with E-state index >= 15 is 0 Å². The zero-order chi connectivity index (χ0) is 9.70. The van der Waals surface area contributed by atoms with Crippen LogP contribution >= 0.6 is 0 Å². The average Bonchev–Trinajstić information content (AvgIpc) is 2.12. The van der Waals surface area contributed by atoms with Gasteiger partial charge in [-0.05, 0) is 20.4 Å². The molecule has 0 spiro atoms. The summed E-state index contributed by atoms with van der Waals surface area (Å²) >= 11 is 0. The Labute approximate surface area is 73.6 Å². The molecule has 0 fully saturated rings. The fourth-order valence-corrected chi connectivity index (χ4v) is 0.577. The van der Waals surface area contributed by atoms with Crippen LogP contribution in [0.15, 0.2) is 0 Å². The van der Waals surface area contributed by atoms with E-state index in [9.17, 15) is 0 Å². The molecule has 0 radical (unpaired) electrons. The quantitative estimate of drug-likeness (QED) is 0.668. The molecular weight excluding hydrogens is 134 g/mol. The number of hydrogen-bond acceptors (Lipinski definition) is 1. The van der Waals surface area contributed by atoms with Crippen LogP contribution in [-0.2, 0) is 0 Å². The van der Waals surface area contributed by atoms with Crippen molar-refractivity contribution < 1.29 is 0 Å². The zero-order valence-electron chi connectivity index (χ0n) is 9.49. The van der Waals surface area contributed by atoms with Gasteiger partial charge in [0.1, 0.15) is 0 Å². The highest BCUT2D eigenvalue weighted by Gasteiger charge is 1.91. The van der Waals surface area contributed by atoms with Crippen molar-refractivity contribution in [1.29, 1.82) is 0 Å². The molecule has 0 aromatic heterocycles. The van der Waals surface area contributed by atoms with Gasteiger partial charge in [-0.1, -0.05) is 41.0 Å². The molecule has 0 aromatic carbocycles. The van der Waals surface area contributed by atoms with E-state index in [1.807, 2.05) is 34.7 Å². The maximum Gasteiger partial charge on any atom is 0.00356 e. The van der Waals surface area contributed by atoms with Crippen LogP contribution in [-0.4, -0.2) is 13.1 Å². The Morgan fingerprint density at radius 2 is 1.45 bits per heavy atom. The van der Waals surface area contributed by atoms with Crippen molar-refractivity contribution in [2.24, 2.45) is 0 Å². The summed E-state index contributed by atoms with van der Waals surface area (Å²) in [6, 6.07) is 0.699. The molecule has 0 saturated heterocycles. The number of rotatable bonds is 3. The van der Waals surface area contributed by atoms with Crippen LogP contribution in [0, 0.1) is 0 Å². The first-order valence-electron chi connectivity index (χ1n) is 4.98. The highest BCUT2D eigenvalue weighted by Crippen LogP contribution is 1.91. The maximum atomic E-state index is 3.17. The molecule has 0 rings (SSSR count). The molecule has 1 nitrogen and oxygen atoms in total. The minimum Gasteiger partial charge on any atom is -0.317 e. The number of hydrogen-bond donors (Lipinski definition) is 1. The van der Waals surface area contributed by atoms with Gasteiger partial charge in [-0.3, -0.25) is 0 Å². The van der Waals surface area contributed by atoms with Crippen molar-refractivity contribution in [3.05, 3.63) is 0 Å². The van der Waals surface area contributed by atoms with Crippen molar-refractivity contribution in [1.82, 2.24) is 5.32 Å². The maximum absolute atomic E-state index is 3.17. The smallest absolute Gasteiger partial charge is 0.00356 e. The molecule has 0 aliphatic rings. The second kappa shape index (κ2) is 22.5. The van der Waals surface area contributed by atoms with Crippen LogP contribution in [0.1, 0.15) is 54.4 Å². The van der Waals surface area contributed by atoms with E-state index in [0.717, 1.165) is 0 Å². The first kappa shape index (κ1) is 17.2. The molecule has 0 saturated carbocycles. The van der Waals surface area contributed by atoms with Gasteiger partial charge in [0.05, 0.1) is 0 Å². The molecule has 72 valence electrons. The summed E-state index contributed by atoms with van der Waals surface area (Å²) in [5.41, 5.74) is 0. The van der Waals surface area contributed by atoms with E-state index in [2.05, 4.69) is 19.2 Å². The molecule has 0 amide bonds. The Hall–Kier alpha value is -0.0400. The lowest BCUT2D eigenvalue weighted by Crippen LogP contribution is -2.20. The van der Waals surface area contributed by atoms with E-state index in [0.29, 0.717) is 6.04 Å². The van der Waals surface area contributed by atoms with Gasteiger partial charge >= 0.3 is 0 Å². The summed E-state index contributed by atoms with van der Waals surface area (Å²) in [4.78, 5) is 0. The normalized spacial score (nSPS) is 10.1. The van der Waals surface area contributed by atoms with Crippen LogP contribution in [0.4, 0.5) is 0 Å². The largest absolute Gasteiger partial charge is 0.317 e. The van der Waals surface area contributed by atoms with Gasteiger partial charge in [0, 0.05) is 6.04 Å². The zero-order valence-corrected chi connectivity index (χ0v) is 9.49. The predicted octanol–water partition coefficient (Wildman–Crippen LogP) is 3.45. The number of nitrogens with one attached hydrogen (secondary N) is 1. The van der Waals surface area contributed by atoms with Crippen LogP contribution in [0.3, 0.4) is 0 Å². The minimum absolute atomic E-state index is 0.699. The Morgan fingerprint density at radius 1 is 1.09 bits per heavy atom. The summed E-state index contributed by atoms with van der Waals surface area (Å²) < 4.78 is 0. The Kier molecular flexibility index (Phi) is 35.1. The lowest BCUT2D eigenvalue weighted by atomic mass is 10.2. The molecule has 11 heavy (non-hydrogen) atoms. The first-order valence-corrected chi connectivity index (χ1v) is 4.98. The summed E-state index contributed by atoms with van der Waals surface area (Å²) in [5, 5.41) is 3.17. The van der Waals surface area contributed by atoms with Crippen molar-refractivity contribution in [3.63, 3.8) is 0 Å². The Bertz CT molecular complexity index is 35.9. The van der Waals surface area contributed by atoms with E-state index in [4.69, 9.17) is 0 Å². The Morgan fingerprint density at radius 3 is 1.55 bits per heavy atom. The molecule has 1 unspecified atom stereocenters. The Balaban J connectivity index is -0.000000138. The van der Waals surface area contributed by atoms with Crippen molar-refractivity contribution >= 4 is 0 Å². The monoisotopic (exact) mass is 161 g/mol. The highest BCUT2D eigenvalue weighted by atomic mass is 14.8. The fourth-order valence-electron chi connectivity index (χ4n) is 0.577. The van der Waals surface area contributed by atoms with Gasteiger partial charge in [-0.2, -0.15) is 0 Å². The minimum atomic E-state index is 0.699. The van der Waals surface area contributed by atoms with E-state index in [-0.39, 0.29) is 0 Å². The van der Waals surface area contributed by atoms with Crippen LogP contribution in [0.25, 0.3) is 0 Å². The molecule has 1 heteroatoms. The van der Waals surface area contributed by atoms with Crippen molar-refractivity contribution in [3.8, 4) is 0 Å². The SMILES string of the molecule is CC.CC.CCCC(C)NC. The molecule has 0 aliphatic heterocycles. The van der Waals surface area contributed by atoms with E-state index in [1.165, 1.54) is 12.8 Å². The van der Waals surface area contributed by atoms with Gasteiger partial charge in [-0.25, -0.2) is 0 Å². The summed E-state index contributed by atoms with van der Waals surface area (Å²) in [6.45, 7) is 12.4. The first-order chi connectivity index (χ1) is 5.31. The molecule has 0 heterocycles. The van der Waals surface area contributed by atoms with Crippen LogP contribution in [0.5, 0.6) is 0 Å². The van der Waals surface area contributed by atoms with E-state index in [1.54, 1.807) is 0 Å². The van der Waals surface area contributed by atoms with Gasteiger partial charge in [0.15, 0.2) is 0 Å². The van der Waals surface area contributed by atoms with Gasteiger partial charge < -0.3 is 5.32 Å². The van der Waals surface area contributed by atoms with Crippen LogP contribution < -0.4 is 5.32 Å². The average molecular weight is 161 g/mol. The topological polar surface area (TPSA) is 12.0 Å². The molecule has 0 aliphatic carbocycles. The second-order valence-corrected chi connectivity index (χ2v) is 1.98. The molecule has 0 aromatic rings. The van der Waals surface area contributed by atoms with E-state index < -0.39 is 0 Å². The van der Waals surface area contributed by atoms with Crippen LogP contribution in [0.2, 0.25) is 0 Å². The molecular formula is C10H27N. The lowest BCUT2D eigenvalue weighted by molar-refractivity contribution is 0.557. The third kappa shape index (κ3) is 25.7. The van der Waals surface area contributed by atoms with Crippen molar-refractivity contribution in [2.45, 2.75) is 60.4 Å². The van der Waals surface area contributed by atoms with Gasteiger partial charge in [-0.15, -0.1) is 0 Å². The summed E-state index contributed by atoms with van der Waals surface area (Å²) in [6.07, 6.45) is 2.57. The standard InChI is InChI=1S/C6H15N.2C2H6/c1-4-5-6(2)7-3;2*1-2/h6-7H,4-5H2,1-3H3;2*1-2H3. The summed E-state index contributed by atoms with van der Waals surface area (Å²) in [5.74, 6) is 0.